The molecule has 0 aliphatic heterocycles. The van der Waals surface area contributed by atoms with Gasteiger partial charge in [-0.3, -0.25) is 4.79 Å². The van der Waals surface area contributed by atoms with Gasteiger partial charge < -0.3 is 0 Å². The lowest BCUT2D eigenvalue weighted by atomic mass is 10.1. The summed E-state index contributed by atoms with van der Waals surface area (Å²) in [6, 6.07) is 1.56. The van der Waals surface area contributed by atoms with E-state index in [4.69, 9.17) is 0 Å². The van der Waals surface area contributed by atoms with E-state index in [9.17, 15) is 26.7 Å². The van der Waals surface area contributed by atoms with Crippen LogP contribution >= 0.6 is 22.6 Å². The molecule has 0 saturated heterocycles. The molecular formula is C8H2F5IO. The number of ketones is 1. The quantitative estimate of drug-likeness (QED) is 0.333. The van der Waals surface area contributed by atoms with Crippen LogP contribution in [0.1, 0.15) is 10.4 Å². The van der Waals surface area contributed by atoms with Crippen LogP contribution in [0, 0.1) is 15.2 Å². The third-order valence-electron chi connectivity index (χ3n) is 1.53. The van der Waals surface area contributed by atoms with Gasteiger partial charge in [0.25, 0.3) is 5.78 Å². The second kappa shape index (κ2) is 4.03. The van der Waals surface area contributed by atoms with E-state index < -0.39 is 29.2 Å². The Bertz CT molecular complexity index is 412. The van der Waals surface area contributed by atoms with Crippen LogP contribution in [0.2, 0.25) is 0 Å². The predicted molar refractivity (Wildman–Crippen MR) is 49.5 cm³/mol. The van der Waals surface area contributed by atoms with Crippen LogP contribution in [-0.4, -0.2) is 12.0 Å². The topological polar surface area (TPSA) is 17.1 Å². The number of carbonyl (C=O) groups excluding carboxylic acids is 1. The maximum absolute atomic E-state index is 13.1. The van der Waals surface area contributed by atoms with Crippen molar-refractivity contribution in [3.05, 3.63) is 32.9 Å². The monoisotopic (exact) mass is 336 g/mol. The van der Waals surface area contributed by atoms with Gasteiger partial charge in [0.2, 0.25) is 0 Å². The van der Waals surface area contributed by atoms with Gasteiger partial charge in [-0.1, -0.05) is 0 Å². The van der Waals surface area contributed by atoms with Gasteiger partial charge in [-0.05, 0) is 34.7 Å². The number of rotatable bonds is 1. The first-order valence-electron chi connectivity index (χ1n) is 3.50. The Morgan fingerprint density at radius 1 is 1.20 bits per heavy atom. The summed E-state index contributed by atoms with van der Waals surface area (Å²) in [5, 5.41) is 0. The number of halogens is 6. The van der Waals surface area contributed by atoms with E-state index in [1.54, 1.807) is 0 Å². The van der Waals surface area contributed by atoms with Crippen molar-refractivity contribution >= 4 is 28.4 Å². The molecule has 0 atom stereocenters. The van der Waals surface area contributed by atoms with Crippen molar-refractivity contribution in [2.45, 2.75) is 6.18 Å². The molecule has 1 nitrogen and oxygen atoms in total. The van der Waals surface area contributed by atoms with Crippen molar-refractivity contribution < 1.29 is 26.7 Å². The van der Waals surface area contributed by atoms with Crippen LogP contribution in [0.4, 0.5) is 22.0 Å². The number of alkyl halides is 3. The van der Waals surface area contributed by atoms with E-state index in [0.717, 1.165) is 6.07 Å². The molecule has 1 aromatic carbocycles. The maximum atomic E-state index is 13.1. The zero-order chi connectivity index (χ0) is 11.8. The fraction of sp³-hybridized carbons (Fsp3) is 0.125. The lowest BCUT2D eigenvalue weighted by Crippen LogP contribution is -2.25. The summed E-state index contributed by atoms with van der Waals surface area (Å²) in [6.07, 6.45) is -5.29. The van der Waals surface area contributed by atoms with Crippen molar-refractivity contribution in [3.8, 4) is 0 Å². The van der Waals surface area contributed by atoms with Gasteiger partial charge in [-0.2, -0.15) is 13.2 Å². The first kappa shape index (κ1) is 12.3. The molecule has 0 heterocycles. The molecule has 0 unspecified atom stereocenters. The minimum atomic E-state index is -5.29. The van der Waals surface area contributed by atoms with E-state index in [1.165, 1.54) is 22.6 Å². The van der Waals surface area contributed by atoms with Crippen molar-refractivity contribution in [2.75, 3.05) is 0 Å². The van der Waals surface area contributed by atoms with E-state index in [1.807, 2.05) is 0 Å². The van der Waals surface area contributed by atoms with E-state index in [2.05, 4.69) is 0 Å². The lowest BCUT2D eigenvalue weighted by molar-refractivity contribution is -0.0890. The van der Waals surface area contributed by atoms with Crippen LogP contribution in [0.15, 0.2) is 12.1 Å². The summed E-state index contributed by atoms with van der Waals surface area (Å²) in [7, 11) is 0. The largest absolute Gasteiger partial charge is 0.455 e. The van der Waals surface area contributed by atoms with Gasteiger partial charge in [0, 0.05) is 3.57 Å². The maximum Gasteiger partial charge on any atom is 0.455 e. The minimum absolute atomic E-state index is 0.249. The standard InChI is InChI=1S/C8H2F5IO/c9-3-1-2-4(14)6(10)5(3)7(15)8(11,12)13/h1-2H. The molecule has 7 heteroatoms. The Balaban J connectivity index is 3.38. The molecule has 15 heavy (non-hydrogen) atoms. The summed E-state index contributed by atoms with van der Waals surface area (Å²) < 4.78 is 61.5. The van der Waals surface area contributed by atoms with Gasteiger partial charge in [0.05, 0.1) is 5.56 Å². The second-order valence-electron chi connectivity index (χ2n) is 2.55. The summed E-state index contributed by atoms with van der Waals surface area (Å²) in [5.41, 5.74) is -1.56. The van der Waals surface area contributed by atoms with Crippen LogP contribution in [0.25, 0.3) is 0 Å². The first-order chi connectivity index (χ1) is 6.75. The zero-order valence-corrected chi connectivity index (χ0v) is 8.99. The van der Waals surface area contributed by atoms with Crippen LogP contribution < -0.4 is 0 Å². The van der Waals surface area contributed by atoms with Gasteiger partial charge in [-0.15, -0.1) is 0 Å². The normalized spacial score (nSPS) is 11.6. The third kappa shape index (κ3) is 2.44. The molecule has 1 rings (SSSR count). The number of benzene rings is 1. The fourth-order valence-electron chi connectivity index (χ4n) is 0.877. The van der Waals surface area contributed by atoms with E-state index in [-0.39, 0.29) is 3.57 Å². The number of hydrogen-bond acceptors (Lipinski definition) is 1. The SMILES string of the molecule is O=C(c1c(F)ccc(I)c1F)C(F)(F)F. The third-order valence-corrected chi connectivity index (χ3v) is 2.36. The van der Waals surface area contributed by atoms with E-state index in [0.29, 0.717) is 6.07 Å². The highest BCUT2D eigenvalue weighted by Gasteiger charge is 2.42. The summed E-state index contributed by atoms with van der Waals surface area (Å²) in [5.74, 6) is -5.52. The Labute approximate surface area is 94.4 Å². The molecular weight excluding hydrogens is 334 g/mol. The molecule has 0 aromatic heterocycles. The highest BCUT2D eigenvalue weighted by molar-refractivity contribution is 14.1. The Kier molecular flexibility index (Phi) is 3.31. The molecule has 82 valence electrons. The molecule has 0 N–H and O–H groups in total. The molecule has 0 amide bonds. The highest BCUT2D eigenvalue weighted by atomic mass is 127. The molecule has 0 saturated carbocycles. The molecule has 0 aliphatic carbocycles. The van der Waals surface area contributed by atoms with Gasteiger partial charge >= 0.3 is 6.18 Å². The predicted octanol–water partition coefficient (Wildman–Crippen LogP) is 3.31. The number of carbonyl (C=O) groups is 1. The smallest absolute Gasteiger partial charge is 0.284 e. The molecule has 1 aromatic rings. The minimum Gasteiger partial charge on any atom is -0.284 e. The average molecular weight is 336 g/mol. The molecule has 0 radical (unpaired) electrons. The summed E-state index contributed by atoms with van der Waals surface area (Å²) in [4.78, 5) is 10.7. The highest BCUT2D eigenvalue weighted by Crippen LogP contribution is 2.26. The molecule has 0 aliphatic rings. The fourth-order valence-corrected chi connectivity index (χ4v) is 1.33. The number of Topliss-reactive ketones (excluding diaryl/α,β-unsaturated/α-hetero) is 1. The Morgan fingerprint density at radius 2 is 1.73 bits per heavy atom. The van der Waals surface area contributed by atoms with E-state index >= 15 is 0 Å². The van der Waals surface area contributed by atoms with Crippen LogP contribution in [0.3, 0.4) is 0 Å². The van der Waals surface area contributed by atoms with Crippen LogP contribution in [0.5, 0.6) is 0 Å². The summed E-state index contributed by atoms with van der Waals surface area (Å²) in [6.45, 7) is 0. The second-order valence-corrected chi connectivity index (χ2v) is 3.71. The molecule has 0 bridgehead atoms. The van der Waals surface area contributed by atoms with Crippen molar-refractivity contribution in [1.82, 2.24) is 0 Å². The van der Waals surface area contributed by atoms with Gasteiger partial charge in [0.15, 0.2) is 5.82 Å². The lowest BCUT2D eigenvalue weighted by Gasteiger charge is -2.07. The van der Waals surface area contributed by atoms with Gasteiger partial charge in [0.1, 0.15) is 5.82 Å². The first-order valence-corrected chi connectivity index (χ1v) is 4.58. The van der Waals surface area contributed by atoms with Gasteiger partial charge in [-0.25, -0.2) is 8.78 Å². The van der Waals surface area contributed by atoms with Crippen molar-refractivity contribution in [1.29, 1.82) is 0 Å². The Morgan fingerprint density at radius 3 is 2.20 bits per heavy atom. The zero-order valence-electron chi connectivity index (χ0n) is 6.83. The summed E-state index contributed by atoms with van der Waals surface area (Å²) >= 11 is 1.37. The Hall–Kier alpha value is -0.730. The van der Waals surface area contributed by atoms with Crippen molar-refractivity contribution in [3.63, 3.8) is 0 Å². The molecule has 0 fully saturated rings. The average Bonchev–Trinajstić information content (AvgIpc) is 2.10. The van der Waals surface area contributed by atoms with Crippen molar-refractivity contribution in [2.24, 2.45) is 0 Å². The molecule has 0 spiro atoms. The number of hydrogen-bond donors (Lipinski definition) is 0. The van der Waals surface area contributed by atoms with Crippen LogP contribution in [-0.2, 0) is 0 Å².